The number of nitrogens with zero attached hydrogens (tertiary/aromatic N) is 3. The van der Waals surface area contributed by atoms with Gasteiger partial charge in [-0.2, -0.15) is 0 Å². The Morgan fingerprint density at radius 1 is 1.65 bits per heavy atom. The van der Waals surface area contributed by atoms with Gasteiger partial charge in [0.2, 0.25) is 0 Å². The fourth-order valence-electron chi connectivity index (χ4n) is 2.13. The van der Waals surface area contributed by atoms with E-state index in [4.69, 9.17) is 0 Å². The lowest BCUT2D eigenvalue weighted by Gasteiger charge is -2.31. The summed E-state index contributed by atoms with van der Waals surface area (Å²) in [7, 11) is 0. The lowest BCUT2D eigenvalue weighted by atomic mass is 10.1. The van der Waals surface area contributed by atoms with E-state index in [9.17, 15) is 15.2 Å². The normalized spacial score (nSPS) is 20.4. The zero-order valence-corrected chi connectivity index (χ0v) is 9.67. The number of rotatable bonds is 2. The zero-order chi connectivity index (χ0) is 12.4. The van der Waals surface area contributed by atoms with Gasteiger partial charge in [-0.05, 0) is 25.3 Å². The maximum absolute atomic E-state index is 10.6. The van der Waals surface area contributed by atoms with Crippen LogP contribution < -0.4 is 4.90 Å². The monoisotopic (exact) mass is 237 g/mol. The topological polar surface area (TPSA) is 79.5 Å². The van der Waals surface area contributed by atoms with E-state index in [1.165, 1.54) is 12.3 Å². The van der Waals surface area contributed by atoms with Crippen LogP contribution in [0.5, 0.6) is 0 Å². The molecule has 1 atom stereocenters. The number of hydrogen-bond donors (Lipinski definition) is 1. The third-order valence-corrected chi connectivity index (χ3v) is 2.94. The van der Waals surface area contributed by atoms with Crippen LogP contribution in [0.3, 0.4) is 0 Å². The van der Waals surface area contributed by atoms with Gasteiger partial charge in [-0.25, -0.2) is 4.98 Å². The van der Waals surface area contributed by atoms with E-state index in [1.807, 2.05) is 4.90 Å². The summed E-state index contributed by atoms with van der Waals surface area (Å²) >= 11 is 0. The molecule has 1 aliphatic heterocycles. The second kappa shape index (κ2) is 4.67. The summed E-state index contributed by atoms with van der Waals surface area (Å²) in [5.41, 5.74) is 0.775. The highest BCUT2D eigenvalue weighted by molar-refractivity contribution is 5.50. The molecule has 6 heteroatoms. The average Bonchev–Trinajstić information content (AvgIpc) is 2.28. The zero-order valence-electron chi connectivity index (χ0n) is 9.67. The molecule has 1 aromatic rings. The van der Waals surface area contributed by atoms with E-state index in [0.29, 0.717) is 6.54 Å². The van der Waals surface area contributed by atoms with Crippen molar-refractivity contribution in [3.05, 3.63) is 27.9 Å². The van der Waals surface area contributed by atoms with E-state index in [1.54, 1.807) is 6.92 Å². The first-order valence-electron chi connectivity index (χ1n) is 5.62. The lowest BCUT2D eigenvalue weighted by molar-refractivity contribution is -0.385. The fourth-order valence-corrected chi connectivity index (χ4v) is 2.13. The van der Waals surface area contributed by atoms with Crippen LogP contribution in [0.1, 0.15) is 18.4 Å². The third-order valence-electron chi connectivity index (χ3n) is 2.94. The molecule has 17 heavy (non-hydrogen) atoms. The van der Waals surface area contributed by atoms with E-state index < -0.39 is 4.92 Å². The van der Waals surface area contributed by atoms with Crippen molar-refractivity contribution < 1.29 is 10.0 Å². The number of β-amino-alcohol motifs (C(OH)–C–C–N with tert-alkyl or cyclic N) is 1. The van der Waals surface area contributed by atoms with Crippen molar-refractivity contribution in [2.45, 2.75) is 25.9 Å². The lowest BCUT2D eigenvalue weighted by Crippen LogP contribution is -2.39. The molecule has 0 aromatic carbocycles. The van der Waals surface area contributed by atoms with Gasteiger partial charge >= 0.3 is 0 Å². The third kappa shape index (κ3) is 2.52. The molecule has 0 amide bonds. The van der Waals surface area contributed by atoms with Gasteiger partial charge in [-0.1, -0.05) is 0 Å². The van der Waals surface area contributed by atoms with Gasteiger partial charge in [0.15, 0.2) is 0 Å². The van der Waals surface area contributed by atoms with Crippen LogP contribution in [-0.4, -0.2) is 34.2 Å². The maximum Gasteiger partial charge on any atom is 0.287 e. The minimum Gasteiger partial charge on any atom is -0.391 e. The first kappa shape index (κ1) is 11.8. The van der Waals surface area contributed by atoms with Crippen LogP contribution >= 0.6 is 0 Å². The molecule has 1 saturated heterocycles. The Hall–Kier alpha value is -1.69. The van der Waals surface area contributed by atoms with Crippen molar-refractivity contribution in [3.8, 4) is 0 Å². The minimum atomic E-state index is -0.450. The number of nitro groups is 1. The number of hydrogen-bond acceptors (Lipinski definition) is 5. The summed E-state index contributed by atoms with van der Waals surface area (Å²) in [5.74, 6) is 0.731. The Balaban J connectivity index is 2.23. The minimum absolute atomic E-state index is 0.00353. The molecular formula is C11H15N3O3. The molecule has 0 saturated carbocycles. The fraction of sp³-hybridized carbons (Fsp3) is 0.545. The molecule has 0 spiro atoms. The number of aryl methyl sites for hydroxylation is 1. The predicted octanol–water partition coefficient (Wildman–Crippen LogP) is 1.26. The molecule has 1 aromatic heterocycles. The Kier molecular flexibility index (Phi) is 3.23. The number of aliphatic hydroxyl groups is 1. The molecule has 0 radical (unpaired) electrons. The van der Waals surface area contributed by atoms with Gasteiger partial charge < -0.3 is 10.0 Å². The van der Waals surface area contributed by atoms with Crippen LogP contribution in [0, 0.1) is 17.0 Å². The second-order valence-electron chi connectivity index (χ2n) is 4.33. The molecule has 1 N–H and O–H groups in total. The Morgan fingerprint density at radius 3 is 3.00 bits per heavy atom. The average molecular weight is 237 g/mol. The van der Waals surface area contributed by atoms with E-state index >= 15 is 0 Å². The predicted molar refractivity (Wildman–Crippen MR) is 63.1 cm³/mol. The molecule has 92 valence electrons. The summed E-state index contributed by atoms with van der Waals surface area (Å²) in [6.07, 6.45) is 2.66. The van der Waals surface area contributed by atoms with Crippen molar-refractivity contribution in [3.63, 3.8) is 0 Å². The summed E-state index contributed by atoms with van der Waals surface area (Å²) in [4.78, 5) is 16.3. The van der Waals surface area contributed by atoms with Gasteiger partial charge in [0.1, 0.15) is 12.0 Å². The van der Waals surface area contributed by atoms with Crippen molar-refractivity contribution in [2.24, 2.45) is 0 Å². The molecule has 0 bridgehead atoms. The second-order valence-corrected chi connectivity index (χ2v) is 4.33. The highest BCUT2D eigenvalue weighted by Gasteiger charge is 2.21. The van der Waals surface area contributed by atoms with Gasteiger partial charge in [-0.3, -0.25) is 10.1 Å². The largest absolute Gasteiger partial charge is 0.391 e. The smallest absolute Gasteiger partial charge is 0.287 e. The van der Waals surface area contributed by atoms with Gasteiger partial charge in [0.05, 0.1) is 11.0 Å². The van der Waals surface area contributed by atoms with Crippen molar-refractivity contribution >= 4 is 11.5 Å². The number of aromatic nitrogens is 1. The first-order chi connectivity index (χ1) is 8.08. The number of aliphatic hydroxyl groups excluding tert-OH is 1. The summed E-state index contributed by atoms with van der Waals surface area (Å²) in [6.45, 7) is 3.19. The molecule has 1 aliphatic rings. The van der Waals surface area contributed by atoms with Gasteiger partial charge in [0, 0.05) is 19.2 Å². The number of pyridine rings is 1. The van der Waals surface area contributed by atoms with Crippen LogP contribution in [0.25, 0.3) is 0 Å². The molecule has 1 unspecified atom stereocenters. The summed E-state index contributed by atoms with van der Waals surface area (Å²) in [5, 5.41) is 20.2. The Morgan fingerprint density at radius 2 is 2.41 bits per heavy atom. The van der Waals surface area contributed by atoms with Gasteiger partial charge in [-0.15, -0.1) is 0 Å². The van der Waals surface area contributed by atoms with Crippen molar-refractivity contribution in [1.82, 2.24) is 4.98 Å². The molecule has 1 fully saturated rings. The molecule has 6 nitrogen and oxygen atoms in total. The first-order valence-corrected chi connectivity index (χ1v) is 5.62. The van der Waals surface area contributed by atoms with E-state index in [2.05, 4.69) is 4.98 Å². The number of anilines is 1. The highest BCUT2D eigenvalue weighted by Crippen LogP contribution is 2.24. The summed E-state index contributed by atoms with van der Waals surface area (Å²) < 4.78 is 0. The molecule has 2 heterocycles. The molecule has 2 rings (SSSR count). The molecule has 0 aliphatic carbocycles. The number of piperidine rings is 1. The van der Waals surface area contributed by atoms with E-state index in [0.717, 1.165) is 30.8 Å². The highest BCUT2D eigenvalue weighted by atomic mass is 16.6. The van der Waals surface area contributed by atoms with Crippen molar-refractivity contribution in [1.29, 1.82) is 0 Å². The van der Waals surface area contributed by atoms with E-state index in [-0.39, 0.29) is 11.8 Å². The van der Waals surface area contributed by atoms with Crippen LogP contribution in [-0.2, 0) is 0 Å². The quantitative estimate of drug-likeness (QED) is 0.618. The molecular weight excluding hydrogens is 222 g/mol. The summed E-state index contributed by atoms with van der Waals surface area (Å²) in [6, 6.07) is 1.52. The Bertz CT molecular complexity index is 436. The van der Waals surface area contributed by atoms with Crippen LogP contribution in [0.15, 0.2) is 12.3 Å². The van der Waals surface area contributed by atoms with Crippen molar-refractivity contribution in [2.75, 3.05) is 18.0 Å². The maximum atomic E-state index is 10.6. The van der Waals surface area contributed by atoms with Gasteiger partial charge in [0.25, 0.3) is 5.69 Å². The Labute approximate surface area is 99.0 Å². The standard InChI is InChI=1S/C11H15N3O3/c1-8-5-9(14(16)17)6-12-11(8)13-4-2-3-10(15)7-13/h5-6,10,15H,2-4,7H2,1H3. The SMILES string of the molecule is Cc1cc([N+](=O)[O-])cnc1N1CCCC(O)C1. The van der Waals surface area contributed by atoms with Crippen LogP contribution in [0.4, 0.5) is 11.5 Å². The van der Waals surface area contributed by atoms with Crippen LogP contribution in [0.2, 0.25) is 0 Å².